The van der Waals surface area contributed by atoms with Crippen LogP contribution in [-0.4, -0.2) is 29.5 Å². The fourth-order valence-electron chi connectivity index (χ4n) is 2.43. The summed E-state index contributed by atoms with van der Waals surface area (Å²) in [7, 11) is 0. The minimum absolute atomic E-state index is 0.0858. The Morgan fingerprint density at radius 1 is 1.35 bits per heavy atom. The molecule has 0 aliphatic carbocycles. The van der Waals surface area contributed by atoms with Crippen molar-refractivity contribution in [2.45, 2.75) is 64.8 Å². The smallest absolute Gasteiger partial charge is 0.416 e. The number of hydrogen-bond acceptors (Lipinski definition) is 3. The lowest BCUT2D eigenvalue weighted by molar-refractivity contribution is -0.129. The number of cyclic esters (lactones) is 1. The molecule has 0 radical (unpaired) electrons. The summed E-state index contributed by atoms with van der Waals surface area (Å²) < 4.78 is 4.99. The molecule has 1 saturated heterocycles. The van der Waals surface area contributed by atoms with E-state index in [0.29, 0.717) is 13.0 Å². The molecule has 0 bridgehead atoms. The van der Waals surface area contributed by atoms with Crippen molar-refractivity contribution in [2.24, 2.45) is 5.92 Å². The van der Waals surface area contributed by atoms with Gasteiger partial charge in [0.2, 0.25) is 5.91 Å². The quantitative estimate of drug-likeness (QED) is 0.475. The Balaban J connectivity index is 2.24. The molecule has 1 aliphatic heterocycles. The van der Waals surface area contributed by atoms with Gasteiger partial charge in [-0.15, -0.1) is 6.58 Å². The predicted octanol–water partition coefficient (Wildman–Crippen LogP) is 3.91. The Labute approximate surface area is 122 Å². The molecule has 1 heterocycles. The van der Waals surface area contributed by atoms with Crippen LogP contribution in [0.4, 0.5) is 4.79 Å². The summed E-state index contributed by atoms with van der Waals surface area (Å²) in [5.74, 6) is 0.154. The first kappa shape index (κ1) is 16.7. The molecule has 4 nitrogen and oxygen atoms in total. The molecule has 0 saturated carbocycles. The van der Waals surface area contributed by atoms with Crippen LogP contribution in [0.5, 0.6) is 0 Å². The van der Waals surface area contributed by atoms with E-state index in [2.05, 4.69) is 6.58 Å². The van der Waals surface area contributed by atoms with Gasteiger partial charge in [0.05, 0.1) is 6.04 Å². The van der Waals surface area contributed by atoms with Gasteiger partial charge in [0.15, 0.2) is 0 Å². The number of hydrogen-bond donors (Lipinski definition) is 0. The van der Waals surface area contributed by atoms with Gasteiger partial charge in [-0.25, -0.2) is 9.69 Å². The molecule has 0 aromatic carbocycles. The van der Waals surface area contributed by atoms with Crippen LogP contribution in [-0.2, 0) is 9.53 Å². The van der Waals surface area contributed by atoms with E-state index in [4.69, 9.17) is 4.74 Å². The summed E-state index contributed by atoms with van der Waals surface area (Å²) in [5.41, 5.74) is 0. The normalized spacial score (nSPS) is 18.4. The molecule has 1 fully saturated rings. The molecule has 0 unspecified atom stereocenters. The van der Waals surface area contributed by atoms with Crippen molar-refractivity contribution in [3.63, 3.8) is 0 Å². The third-order valence-electron chi connectivity index (χ3n) is 3.74. The molecule has 0 aromatic heterocycles. The van der Waals surface area contributed by atoms with Gasteiger partial charge in [-0.3, -0.25) is 4.79 Å². The minimum Gasteiger partial charge on any atom is -0.447 e. The number of allylic oxidation sites excluding steroid dienone is 1. The number of ether oxygens (including phenoxy) is 1. The van der Waals surface area contributed by atoms with Crippen LogP contribution < -0.4 is 0 Å². The summed E-state index contributed by atoms with van der Waals surface area (Å²) in [6.45, 7) is 8.05. The Morgan fingerprint density at radius 2 is 2.00 bits per heavy atom. The highest BCUT2D eigenvalue weighted by molar-refractivity contribution is 5.93. The Morgan fingerprint density at radius 3 is 2.65 bits per heavy atom. The van der Waals surface area contributed by atoms with Crippen LogP contribution in [0.2, 0.25) is 0 Å². The number of rotatable bonds is 9. The van der Waals surface area contributed by atoms with Crippen molar-refractivity contribution in [1.82, 2.24) is 4.90 Å². The average Bonchev–Trinajstić information content (AvgIpc) is 2.79. The number of nitrogens with zero attached hydrogens (tertiary/aromatic N) is 1. The highest BCUT2D eigenvalue weighted by atomic mass is 16.6. The van der Waals surface area contributed by atoms with Crippen molar-refractivity contribution >= 4 is 12.0 Å². The van der Waals surface area contributed by atoms with E-state index in [-0.39, 0.29) is 17.9 Å². The molecule has 4 heteroatoms. The maximum Gasteiger partial charge on any atom is 0.416 e. The van der Waals surface area contributed by atoms with Gasteiger partial charge in [0.1, 0.15) is 6.61 Å². The van der Waals surface area contributed by atoms with E-state index in [1.165, 1.54) is 17.7 Å². The maximum absolute atomic E-state index is 12.1. The van der Waals surface area contributed by atoms with E-state index in [0.717, 1.165) is 25.7 Å². The highest BCUT2D eigenvalue weighted by Gasteiger charge is 2.38. The molecule has 2 amide bonds. The Kier molecular flexibility index (Phi) is 7.34. The molecule has 1 aliphatic rings. The Bertz CT molecular complexity index is 339. The van der Waals surface area contributed by atoms with Crippen LogP contribution >= 0.6 is 0 Å². The first-order valence-corrected chi connectivity index (χ1v) is 7.67. The zero-order valence-corrected chi connectivity index (χ0v) is 12.8. The number of imide groups is 1. The molecule has 20 heavy (non-hydrogen) atoms. The zero-order chi connectivity index (χ0) is 15.0. The number of carbonyl (C=O) groups is 2. The standard InChI is InChI=1S/C16H27NO3/c1-4-5-6-7-8-9-10-11-15(18)17-14(13(2)3)12-20-16(17)19/h4,13-14H,1,5-12H2,2-3H3/t14-/m1/s1. The predicted molar refractivity (Wildman–Crippen MR) is 79.3 cm³/mol. The topological polar surface area (TPSA) is 46.6 Å². The first-order chi connectivity index (χ1) is 9.57. The van der Waals surface area contributed by atoms with Crippen molar-refractivity contribution < 1.29 is 14.3 Å². The lowest BCUT2D eigenvalue weighted by atomic mass is 10.0. The van der Waals surface area contributed by atoms with E-state index < -0.39 is 6.09 Å². The molecule has 0 spiro atoms. The van der Waals surface area contributed by atoms with Gasteiger partial charge in [0.25, 0.3) is 0 Å². The number of carbonyl (C=O) groups excluding carboxylic acids is 2. The van der Waals surface area contributed by atoms with E-state index in [1.807, 2.05) is 19.9 Å². The van der Waals surface area contributed by atoms with Crippen molar-refractivity contribution in [3.05, 3.63) is 12.7 Å². The van der Waals surface area contributed by atoms with Crippen molar-refractivity contribution in [1.29, 1.82) is 0 Å². The molecule has 0 N–H and O–H groups in total. The second-order valence-electron chi connectivity index (χ2n) is 5.75. The van der Waals surface area contributed by atoms with E-state index in [1.54, 1.807) is 0 Å². The van der Waals surface area contributed by atoms with Gasteiger partial charge in [-0.1, -0.05) is 39.2 Å². The summed E-state index contributed by atoms with van der Waals surface area (Å²) >= 11 is 0. The average molecular weight is 281 g/mol. The minimum atomic E-state index is -0.473. The number of amides is 2. The van der Waals surface area contributed by atoms with Crippen molar-refractivity contribution in [3.8, 4) is 0 Å². The Hall–Kier alpha value is -1.32. The van der Waals surface area contributed by atoms with Crippen LogP contribution in [0, 0.1) is 5.92 Å². The van der Waals surface area contributed by atoms with E-state index in [9.17, 15) is 9.59 Å². The van der Waals surface area contributed by atoms with Gasteiger partial charge in [-0.05, 0) is 25.2 Å². The monoisotopic (exact) mass is 281 g/mol. The summed E-state index contributed by atoms with van der Waals surface area (Å²) in [5, 5.41) is 0. The van der Waals surface area contributed by atoms with Gasteiger partial charge in [-0.2, -0.15) is 0 Å². The van der Waals surface area contributed by atoms with Crippen LogP contribution in [0.15, 0.2) is 12.7 Å². The lowest BCUT2D eigenvalue weighted by Gasteiger charge is -2.22. The fraction of sp³-hybridized carbons (Fsp3) is 0.750. The van der Waals surface area contributed by atoms with Gasteiger partial charge < -0.3 is 4.74 Å². The number of unbranched alkanes of at least 4 members (excludes halogenated alkanes) is 5. The highest BCUT2D eigenvalue weighted by Crippen LogP contribution is 2.21. The van der Waals surface area contributed by atoms with Crippen LogP contribution in [0.3, 0.4) is 0 Å². The summed E-state index contributed by atoms with van der Waals surface area (Å²) in [4.78, 5) is 25.1. The maximum atomic E-state index is 12.1. The third kappa shape index (κ3) is 4.99. The van der Waals surface area contributed by atoms with E-state index >= 15 is 0 Å². The van der Waals surface area contributed by atoms with Gasteiger partial charge in [0, 0.05) is 6.42 Å². The first-order valence-electron chi connectivity index (χ1n) is 7.67. The SMILES string of the molecule is C=CCCCCCCCC(=O)N1C(=O)OC[C@@H]1C(C)C. The second-order valence-corrected chi connectivity index (χ2v) is 5.75. The molecule has 0 aromatic rings. The largest absolute Gasteiger partial charge is 0.447 e. The van der Waals surface area contributed by atoms with Crippen molar-refractivity contribution in [2.75, 3.05) is 6.61 Å². The summed E-state index contributed by atoms with van der Waals surface area (Å²) in [6.07, 6.45) is 8.35. The zero-order valence-electron chi connectivity index (χ0n) is 12.8. The van der Waals surface area contributed by atoms with Gasteiger partial charge >= 0.3 is 6.09 Å². The molecule has 1 atom stereocenters. The molecule has 1 rings (SSSR count). The second kappa shape index (κ2) is 8.77. The lowest BCUT2D eigenvalue weighted by Crippen LogP contribution is -2.41. The molecular weight excluding hydrogens is 254 g/mol. The summed E-state index contributed by atoms with van der Waals surface area (Å²) in [6, 6.07) is -0.0948. The molecule has 114 valence electrons. The fourth-order valence-corrected chi connectivity index (χ4v) is 2.43. The van der Waals surface area contributed by atoms with Crippen LogP contribution in [0.25, 0.3) is 0 Å². The molecular formula is C16H27NO3. The third-order valence-corrected chi connectivity index (χ3v) is 3.74. The van der Waals surface area contributed by atoms with Crippen LogP contribution in [0.1, 0.15) is 58.8 Å².